The van der Waals surface area contributed by atoms with E-state index in [2.05, 4.69) is 4.98 Å². The summed E-state index contributed by atoms with van der Waals surface area (Å²) in [7, 11) is 1.32. The van der Waals surface area contributed by atoms with Crippen LogP contribution in [-0.2, 0) is 0 Å². The van der Waals surface area contributed by atoms with Crippen molar-refractivity contribution in [2.75, 3.05) is 7.11 Å². The first-order valence-electron chi connectivity index (χ1n) is 8.56. The zero-order chi connectivity index (χ0) is 20.4. The maximum absolute atomic E-state index is 12.4. The Labute approximate surface area is 164 Å². The summed E-state index contributed by atoms with van der Waals surface area (Å²) in [5, 5.41) is 11.1. The first-order valence-corrected chi connectivity index (χ1v) is 8.56. The van der Waals surface area contributed by atoms with E-state index in [0.717, 1.165) is 11.6 Å². The highest BCUT2D eigenvalue weighted by molar-refractivity contribution is 5.92. The maximum atomic E-state index is 12.4. The maximum Gasteiger partial charge on any atom is 0.343 e. The normalized spacial score (nSPS) is 10.7. The summed E-state index contributed by atoms with van der Waals surface area (Å²) in [6.07, 6.45) is 0. The number of oxazole rings is 1. The molecule has 0 bridgehead atoms. The highest BCUT2D eigenvalue weighted by Gasteiger charge is 2.19. The van der Waals surface area contributed by atoms with Crippen molar-refractivity contribution >= 4 is 22.8 Å². The number of benzene rings is 3. The number of ether oxygens (including phenoxy) is 2. The fraction of sp³-hybridized carbons (Fsp3) is 0.0476. The Morgan fingerprint density at radius 1 is 1.07 bits per heavy atom. The molecule has 0 aliphatic rings. The molecule has 0 saturated carbocycles. The molecule has 8 nitrogen and oxygen atoms in total. The van der Waals surface area contributed by atoms with Crippen molar-refractivity contribution in [3.05, 3.63) is 82.4 Å². The van der Waals surface area contributed by atoms with Crippen LogP contribution in [0.2, 0.25) is 0 Å². The summed E-state index contributed by atoms with van der Waals surface area (Å²) in [6.45, 7) is 0. The Hall–Kier alpha value is -4.20. The fourth-order valence-electron chi connectivity index (χ4n) is 2.80. The largest absolute Gasteiger partial charge is 0.490 e. The predicted octanol–water partition coefficient (Wildman–Crippen LogP) is 4.63. The van der Waals surface area contributed by atoms with E-state index in [0.29, 0.717) is 17.0 Å². The third-order valence-corrected chi connectivity index (χ3v) is 4.20. The van der Waals surface area contributed by atoms with Gasteiger partial charge in [0.1, 0.15) is 11.3 Å². The monoisotopic (exact) mass is 390 g/mol. The summed E-state index contributed by atoms with van der Waals surface area (Å²) >= 11 is 0. The molecule has 8 heteroatoms. The van der Waals surface area contributed by atoms with Crippen molar-refractivity contribution in [1.82, 2.24) is 4.98 Å². The average Bonchev–Trinajstić information content (AvgIpc) is 3.17. The molecule has 0 spiro atoms. The number of nitrogens with zero attached hydrogens (tertiary/aromatic N) is 2. The zero-order valence-corrected chi connectivity index (χ0v) is 15.2. The van der Waals surface area contributed by atoms with Crippen LogP contribution in [-0.4, -0.2) is 23.0 Å². The molecule has 144 valence electrons. The second-order valence-electron chi connectivity index (χ2n) is 6.05. The van der Waals surface area contributed by atoms with Gasteiger partial charge in [-0.3, -0.25) is 10.1 Å². The standard InChI is InChI=1S/C21H14N2O6/c1-27-18-10-7-14(11-17(18)23(25)26)21(24)28-15-8-9-16-19(12-15)29-20(22-16)13-5-3-2-4-6-13/h2-12H,1H3. The van der Waals surface area contributed by atoms with E-state index < -0.39 is 10.9 Å². The van der Waals surface area contributed by atoms with Crippen LogP contribution in [0.1, 0.15) is 10.4 Å². The van der Waals surface area contributed by atoms with E-state index >= 15 is 0 Å². The minimum atomic E-state index is -0.738. The molecule has 3 aromatic carbocycles. The minimum absolute atomic E-state index is 0.0279. The molecule has 0 amide bonds. The van der Waals surface area contributed by atoms with Crippen molar-refractivity contribution < 1.29 is 23.6 Å². The van der Waals surface area contributed by atoms with Crippen molar-refractivity contribution in [3.8, 4) is 23.0 Å². The van der Waals surface area contributed by atoms with E-state index in [1.54, 1.807) is 18.2 Å². The Balaban J connectivity index is 1.60. The Bertz CT molecular complexity index is 1220. The summed E-state index contributed by atoms with van der Waals surface area (Å²) in [5.74, 6) is 0.00700. The molecule has 0 aliphatic carbocycles. The van der Waals surface area contributed by atoms with Crippen molar-refractivity contribution in [1.29, 1.82) is 0 Å². The molecule has 0 atom stereocenters. The van der Waals surface area contributed by atoms with Gasteiger partial charge in [0.25, 0.3) is 0 Å². The molecule has 0 radical (unpaired) electrons. The molecule has 0 aliphatic heterocycles. The van der Waals surface area contributed by atoms with Gasteiger partial charge in [0.2, 0.25) is 5.89 Å². The number of carbonyl (C=O) groups is 1. The van der Waals surface area contributed by atoms with Gasteiger partial charge < -0.3 is 13.9 Å². The summed E-state index contributed by atoms with van der Waals surface area (Å²) in [6, 6.07) is 18.1. The number of aromatic nitrogens is 1. The molecule has 0 N–H and O–H groups in total. The van der Waals surface area contributed by atoms with Gasteiger partial charge >= 0.3 is 11.7 Å². The second-order valence-corrected chi connectivity index (χ2v) is 6.05. The van der Waals surface area contributed by atoms with Crippen molar-refractivity contribution in [3.63, 3.8) is 0 Å². The van der Waals surface area contributed by atoms with E-state index in [-0.39, 0.29) is 22.7 Å². The van der Waals surface area contributed by atoms with Crippen LogP contribution in [0.15, 0.2) is 71.1 Å². The molecule has 4 aromatic rings. The molecule has 0 unspecified atom stereocenters. The number of rotatable bonds is 5. The Morgan fingerprint density at radius 3 is 2.59 bits per heavy atom. The fourth-order valence-corrected chi connectivity index (χ4v) is 2.80. The summed E-state index contributed by atoms with van der Waals surface area (Å²) in [5.41, 5.74) is 1.60. The van der Waals surface area contributed by atoms with E-state index in [1.807, 2.05) is 30.3 Å². The highest BCUT2D eigenvalue weighted by Crippen LogP contribution is 2.29. The molecule has 0 fully saturated rings. The van der Waals surface area contributed by atoms with E-state index in [4.69, 9.17) is 13.9 Å². The number of esters is 1. The molecule has 0 saturated heterocycles. The lowest BCUT2D eigenvalue weighted by molar-refractivity contribution is -0.385. The van der Waals surface area contributed by atoms with Crippen LogP contribution in [0.5, 0.6) is 11.5 Å². The molecule has 1 heterocycles. The Kier molecular flexibility index (Phi) is 4.66. The number of carbonyl (C=O) groups excluding carboxylic acids is 1. The molecular weight excluding hydrogens is 376 g/mol. The predicted molar refractivity (Wildman–Crippen MR) is 104 cm³/mol. The van der Waals surface area contributed by atoms with Crippen LogP contribution < -0.4 is 9.47 Å². The lowest BCUT2D eigenvalue weighted by Gasteiger charge is -2.06. The number of nitro groups is 1. The minimum Gasteiger partial charge on any atom is -0.490 e. The van der Waals surface area contributed by atoms with Gasteiger partial charge in [0.15, 0.2) is 11.3 Å². The van der Waals surface area contributed by atoms with Crippen molar-refractivity contribution in [2.45, 2.75) is 0 Å². The number of fused-ring (bicyclic) bond motifs is 1. The SMILES string of the molecule is COc1ccc(C(=O)Oc2ccc3nc(-c4ccccc4)oc3c2)cc1[N+](=O)[O-]. The third-order valence-electron chi connectivity index (χ3n) is 4.20. The zero-order valence-electron chi connectivity index (χ0n) is 15.2. The highest BCUT2D eigenvalue weighted by atomic mass is 16.6. The molecule has 4 rings (SSSR count). The van der Waals surface area contributed by atoms with Gasteiger partial charge in [-0.1, -0.05) is 18.2 Å². The molecule has 1 aromatic heterocycles. The van der Waals surface area contributed by atoms with Gasteiger partial charge in [-0.15, -0.1) is 0 Å². The van der Waals surface area contributed by atoms with Crippen LogP contribution in [0.25, 0.3) is 22.6 Å². The number of hydrogen-bond acceptors (Lipinski definition) is 7. The van der Waals surface area contributed by atoms with E-state index in [9.17, 15) is 14.9 Å². The third kappa shape index (κ3) is 3.63. The van der Waals surface area contributed by atoms with Crippen molar-refractivity contribution in [2.24, 2.45) is 0 Å². The smallest absolute Gasteiger partial charge is 0.343 e. The Morgan fingerprint density at radius 2 is 1.86 bits per heavy atom. The van der Waals surface area contributed by atoms with Crippen LogP contribution in [0.3, 0.4) is 0 Å². The van der Waals surface area contributed by atoms with Crippen LogP contribution in [0, 0.1) is 10.1 Å². The molecular formula is C21H14N2O6. The summed E-state index contributed by atoms with van der Waals surface area (Å²) < 4.78 is 16.0. The van der Waals surface area contributed by atoms with Gasteiger partial charge in [0.05, 0.1) is 17.6 Å². The lowest BCUT2D eigenvalue weighted by atomic mass is 10.2. The van der Waals surface area contributed by atoms with E-state index in [1.165, 1.54) is 19.2 Å². The topological polar surface area (TPSA) is 105 Å². The van der Waals surface area contributed by atoms with Gasteiger partial charge in [-0.2, -0.15) is 0 Å². The molecule has 29 heavy (non-hydrogen) atoms. The first-order chi connectivity index (χ1) is 14.0. The number of nitro benzene ring substituents is 1. The first kappa shape index (κ1) is 18.2. The lowest BCUT2D eigenvalue weighted by Crippen LogP contribution is -2.09. The average molecular weight is 390 g/mol. The summed E-state index contributed by atoms with van der Waals surface area (Å²) in [4.78, 5) is 27.3. The van der Waals surface area contributed by atoms with Gasteiger partial charge in [-0.05, 0) is 36.4 Å². The van der Waals surface area contributed by atoms with Gasteiger partial charge in [-0.25, -0.2) is 9.78 Å². The van der Waals surface area contributed by atoms with Crippen LogP contribution in [0.4, 0.5) is 5.69 Å². The van der Waals surface area contributed by atoms with Crippen LogP contribution >= 0.6 is 0 Å². The quantitative estimate of drug-likeness (QED) is 0.212. The number of hydrogen-bond donors (Lipinski definition) is 0. The second kappa shape index (κ2) is 7.43. The number of methoxy groups -OCH3 is 1. The van der Waals surface area contributed by atoms with Gasteiger partial charge in [0, 0.05) is 17.7 Å².